The van der Waals surface area contributed by atoms with Crippen LogP contribution in [-0.2, 0) is 20.8 Å². The van der Waals surface area contributed by atoms with Crippen LogP contribution in [0.3, 0.4) is 0 Å². The molecule has 0 bridgehead atoms. The second kappa shape index (κ2) is 9.20. The summed E-state index contributed by atoms with van der Waals surface area (Å²) >= 11 is 0. The lowest BCUT2D eigenvalue weighted by Gasteiger charge is -2.17. The summed E-state index contributed by atoms with van der Waals surface area (Å²) in [4.78, 5) is 36.9. The number of amides is 3. The van der Waals surface area contributed by atoms with Crippen molar-refractivity contribution >= 4 is 23.4 Å². The molecule has 3 amide bonds. The fourth-order valence-electron chi connectivity index (χ4n) is 2.92. The first-order chi connectivity index (χ1) is 12.0. The molecule has 0 saturated carbocycles. The summed E-state index contributed by atoms with van der Waals surface area (Å²) in [6, 6.07) is 8.03. The average Bonchev–Trinajstić information content (AvgIpc) is 2.99. The Kier molecular flexibility index (Phi) is 6.98. The molecule has 1 aromatic rings. The standard InChI is InChI=1S/C19H27N3O3/c1-3-4-5-15-6-8-17(9-7-15)22-13-16(12-18(22)24)19(25)21-11-10-20-14(2)23/h6-9,16H,3-5,10-13H2,1-2H3,(H,20,23)(H,21,25). The van der Waals surface area contributed by atoms with E-state index in [-0.39, 0.29) is 30.1 Å². The molecule has 1 aliphatic heterocycles. The Hall–Kier alpha value is -2.37. The first-order valence-corrected chi connectivity index (χ1v) is 8.92. The quantitative estimate of drug-likeness (QED) is 0.703. The number of aryl methyl sites for hydroxylation is 1. The van der Waals surface area contributed by atoms with Gasteiger partial charge in [-0.1, -0.05) is 25.5 Å². The average molecular weight is 345 g/mol. The number of carbonyl (C=O) groups excluding carboxylic acids is 3. The van der Waals surface area contributed by atoms with Crippen LogP contribution in [0.25, 0.3) is 0 Å². The van der Waals surface area contributed by atoms with Gasteiger partial charge in [-0.25, -0.2) is 0 Å². The van der Waals surface area contributed by atoms with Crippen molar-refractivity contribution in [3.63, 3.8) is 0 Å². The van der Waals surface area contributed by atoms with Crippen LogP contribution >= 0.6 is 0 Å². The molecule has 0 aromatic heterocycles. The zero-order valence-electron chi connectivity index (χ0n) is 15.0. The highest BCUT2D eigenvalue weighted by Gasteiger charge is 2.34. The summed E-state index contributed by atoms with van der Waals surface area (Å²) in [5.41, 5.74) is 2.11. The Labute approximate surface area is 149 Å². The molecule has 0 radical (unpaired) electrons. The normalized spacial score (nSPS) is 16.8. The summed E-state index contributed by atoms with van der Waals surface area (Å²) in [5.74, 6) is -0.632. The van der Waals surface area contributed by atoms with Gasteiger partial charge in [0.2, 0.25) is 17.7 Å². The van der Waals surface area contributed by atoms with Gasteiger partial charge < -0.3 is 15.5 Å². The number of hydrogen-bond acceptors (Lipinski definition) is 3. The largest absolute Gasteiger partial charge is 0.355 e. The number of carbonyl (C=O) groups is 3. The third-order valence-electron chi connectivity index (χ3n) is 4.36. The number of nitrogens with one attached hydrogen (secondary N) is 2. The number of anilines is 1. The van der Waals surface area contributed by atoms with Crippen LogP contribution in [0.1, 0.15) is 38.7 Å². The maximum absolute atomic E-state index is 12.3. The predicted octanol–water partition coefficient (Wildman–Crippen LogP) is 1.63. The van der Waals surface area contributed by atoms with Crippen molar-refractivity contribution in [1.82, 2.24) is 10.6 Å². The third-order valence-corrected chi connectivity index (χ3v) is 4.36. The molecular formula is C19H27N3O3. The highest BCUT2D eigenvalue weighted by Crippen LogP contribution is 2.25. The topological polar surface area (TPSA) is 78.5 Å². The molecule has 1 saturated heterocycles. The highest BCUT2D eigenvalue weighted by atomic mass is 16.2. The molecule has 2 N–H and O–H groups in total. The SMILES string of the molecule is CCCCc1ccc(N2CC(C(=O)NCCNC(C)=O)CC2=O)cc1. The minimum absolute atomic E-state index is 0.0247. The van der Waals surface area contributed by atoms with E-state index in [0.717, 1.165) is 24.9 Å². The van der Waals surface area contributed by atoms with Gasteiger partial charge in [-0.05, 0) is 30.5 Å². The second-order valence-electron chi connectivity index (χ2n) is 6.45. The maximum Gasteiger partial charge on any atom is 0.227 e. The van der Waals surface area contributed by atoms with E-state index in [1.165, 1.54) is 12.5 Å². The lowest BCUT2D eigenvalue weighted by atomic mass is 10.1. The Morgan fingerprint density at radius 1 is 1.16 bits per heavy atom. The predicted molar refractivity (Wildman–Crippen MR) is 97.2 cm³/mol. The van der Waals surface area contributed by atoms with Gasteiger partial charge in [-0.3, -0.25) is 14.4 Å². The molecule has 1 heterocycles. The first kappa shape index (κ1) is 19.0. The van der Waals surface area contributed by atoms with Crippen molar-refractivity contribution < 1.29 is 14.4 Å². The van der Waals surface area contributed by atoms with Gasteiger partial charge in [0.05, 0.1) is 5.92 Å². The van der Waals surface area contributed by atoms with Gasteiger partial charge in [0.25, 0.3) is 0 Å². The molecule has 6 nitrogen and oxygen atoms in total. The molecule has 0 spiro atoms. The van der Waals surface area contributed by atoms with E-state index in [1.54, 1.807) is 4.90 Å². The maximum atomic E-state index is 12.3. The van der Waals surface area contributed by atoms with Gasteiger partial charge in [0.15, 0.2) is 0 Å². The molecule has 136 valence electrons. The third kappa shape index (κ3) is 5.59. The van der Waals surface area contributed by atoms with E-state index in [9.17, 15) is 14.4 Å². The molecular weight excluding hydrogens is 318 g/mol. The van der Waals surface area contributed by atoms with Crippen molar-refractivity contribution in [2.75, 3.05) is 24.5 Å². The molecule has 0 aliphatic carbocycles. The zero-order valence-corrected chi connectivity index (χ0v) is 15.0. The summed E-state index contributed by atoms with van der Waals surface area (Å²) in [5, 5.41) is 5.40. The lowest BCUT2D eigenvalue weighted by molar-refractivity contribution is -0.126. The second-order valence-corrected chi connectivity index (χ2v) is 6.45. The Bertz CT molecular complexity index is 613. The number of benzene rings is 1. The van der Waals surface area contributed by atoms with Gasteiger partial charge >= 0.3 is 0 Å². The molecule has 1 aliphatic rings. The summed E-state index contributed by atoms with van der Waals surface area (Å²) in [6.45, 7) is 4.76. The van der Waals surface area contributed by atoms with Crippen LogP contribution in [0.2, 0.25) is 0 Å². The van der Waals surface area contributed by atoms with E-state index in [4.69, 9.17) is 0 Å². The van der Waals surface area contributed by atoms with E-state index in [1.807, 2.05) is 12.1 Å². The molecule has 1 aromatic carbocycles. The fourth-order valence-corrected chi connectivity index (χ4v) is 2.92. The number of hydrogen-bond donors (Lipinski definition) is 2. The number of rotatable bonds is 8. The molecule has 1 unspecified atom stereocenters. The summed E-state index contributed by atoms with van der Waals surface area (Å²) in [7, 11) is 0. The van der Waals surface area contributed by atoms with Crippen LogP contribution < -0.4 is 15.5 Å². The van der Waals surface area contributed by atoms with Crippen LogP contribution in [0.4, 0.5) is 5.69 Å². The Morgan fingerprint density at radius 2 is 1.84 bits per heavy atom. The Morgan fingerprint density at radius 3 is 2.48 bits per heavy atom. The Balaban J connectivity index is 1.86. The molecule has 2 rings (SSSR count). The van der Waals surface area contributed by atoms with E-state index in [0.29, 0.717) is 19.6 Å². The fraction of sp³-hybridized carbons (Fsp3) is 0.526. The van der Waals surface area contributed by atoms with Gasteiger partial charge in [-0.2, -0.15) is 0 Å². The van der Waals surface area contributed by atoms with Gasteiger partial charge in [0.1, 0.15) is 0 Å². The minimum atomic E-state index is -0.343. The molecule has 6 heteroatoms. The number of nitrogens with zero attached hydrogens (tertiary/aromatic N) is 1. The summed E-state index contributed by atoms with van der Waals surface area (Å²) < 4.78 is 0. The van der Waals surface area contributed by atoms with Gasteiger partial charge in [-0.15, -0.1) is 0 Å². The molecule has 1 atom stereocenters. The van der Waals surface area contributed by atoms with E-state index >= 15 is 0 Å². The van der Waals surface area contributed by atoms with E-state index in [2.05, 4.69) is 29.7 Å². The highest BCUT2D eigenvalue weighted by molar-refractivity contribution is 6.00. The minimum Gasteiger partial charge on any atom is -0.355 e. The van der Waals surface area contributed by atoms with E-state index < -0.39 is 0 Å². The smallest absolute Gasteiger partial charge is 0.227 e. The van der Waals surface area contributed by atoms with Crippen LogP contribution in [0.5, 0.6) is 0 Å². The van der Waals surface area contributed by atoms with Crippen LogP contribution in [0.15, 0.2) is 24.3 Å². The van der Waals surface area contributed by atoms with Crippen LogP contribution in [0, 0.1) is 5.92 Å². The van der Waals surface area contributed by atoms with Crippen molar-refractivity contribution in [2.24, 2.45) is 5.92 Å². The molecule has 1 fully saturated rings. The van der Waals surface area contributed by atoms with Gasteiger partial charge in [0, 0.05) is 38.7 Å². The zero-order chi connectivity index (χ0) is 18.2. The summed E-state index contributed by atoms with van der Waals surface area (Å²) in [6.07, 6.45) is 3.58. The first-order valence-electron chi connectivity index (χ1n) is 8.92. The monoisotopic (exact) mass is 345 g/mol. The lowest BCUT2D eigenvalue weighted by Crippen LogP contribution is -2.37. The van der Waals surface area contributed by atoms with Crippen molar-refractivity contribution in [3.8, 4) is 0 Å². The van der Waals surface area contributed by atoms with Crippen molar-refractivity contribution in [2.45, 2.75) is 39.5 Å². The van der Waals surface area contributed by atoms with Crippen molar-refractivity contribution in [1.29, 1.82) is 0 Å². The van der Waals surface area contributed by atoms with Crippen molar-refractivity contribution in [3.05, 3.63) is 29.8 Å². The number of unbranched alkanes of at least 4 members (excludes halogenated alkanes) is 1. The van der Waals surface area contributed by atoms with Crippen LogP contribution in [-0.4, -0.2) is 37.4 Å². The molecule has 25 heavy (non-hydrogen) atoms.